The van der Waals surface area contributed by atoms with Gasteiger partial charge in [0.2, 0.25) is 0 Å². The Kier molecular flexibility index (Phi) is 9.34. The first kappa shape index (κ1) is 28.8. The molecular weight excluding hydrogens is 514 g/mol. The highest BCUT2D eigenvalue weighted by Crippen LogP contribution is 2.36. The van der Waals surface area contributed by atoms with Crippen molar-refractivity contribution in [3.8, 4) is 22.8 Å². The summed E-state index contributed by atoms with van der Waals surface area (Å²) < 4.78 is 1.85. The van der Waals surface area contributed by atoms with Crippen molar-refractivity contribution in [3.05, 3.63) is 63.6 Å². The minimum absolute atomic E-state index is 0.120. The Labute approximate surface area is 234 Å². The Bertz CT molecular complexity index is 1280. The van der Waals surface area contributed by atoms with Gasteiger partial charge in [-0.3, -0.25) is 4.90 Å². The van der Waals surface area contributed by atoms with Crippen LogP contribution in [0.25, 0.3) is 17.1 Å². The molecule has 0 amide bonds. The molecule has 0 aliphatic carbocycles. The fourth-order valence-electron chi connectivity index (χ4n) is 5.10. The molecule has 1 aliphatic heterocycles. The van der Waals surface area contributed by atoms with Gasteiger partial charge in [0.05, 0.1) is 11.3 Å². The molecule has 3 aromatic rings. The summed E-state index contributed by atoms with van der Waals surface area (Å²) in [6.45, 7) is 17.3. The standard InChI is InChI=1S/C29H41N5O2S2/c1-20(2)24-18-25(26(35)17-21(24)3)27-30-31-28(36)34(27)23-9-7-22(8-10-23)19-33-15-13-32(14-16-33)12-11-29(4,5)38-37-6/h7-10,17-18,20,35H,11-16,19H2,1-6H3,(H,31,36). The van der Waals surface area contributed by atoms with Crippen LogP contribution in [0, 0.1) is 6.92 Å². The number of aromatic hydroxyl groups is 1. The zero-order valence-corrected chi connectivity index (χ0v) is 25.1. The highest BCUT2D eigenvalue weighted by molar-refractivity contribution is 8.76. The van der Waals surface area contributed by atoms with Crippen molar-refractivity contribution in [2.24, 2.45) is 0 Å². The van der Waals surface area contributed by atoms with E-state index in [1.165, 1.54) is 16.6 Å². The van der Waals surface area contributed by atoms with Gasteiger partial charge in [0.15, 0.2) is 5.82 Å². The maximum absolute atomic E-state index is 12.7. The summed E-state index contributed by atoms with van der Waals surface area (Å²) in [7, 11) is 3.82. The minimum Gasteiger partial charge on any atom is -0.507 e. The second-order valence-electron chi connectivity index (χ2n) is 11.1. The maximum atomic E-state index is 12.7. The van der Waals surface area contributed by atoms with E-state index < -0.39 is 0 Å². The quantitative estimate of drug-likeness (QED) is 0.313. The number of rotatable bonds is 10. The Morgan fingerprint density at radius 2 is 1.74 bits per heavy atom. The number of hydrogen-bond donors (Lipinski definition) is 2. The molecule has 0 unspecified atom stereocenters. The molecule has 9 heteroatoms. The molecule has 0 radical (unpaired) electrons. The van der Waals surface area contributed by atoms with Gasteiger partial charge in [0.1, 0.15) is 5.75 Å². The number of nitrogens with zero attached hydrogens (tertiary/aromatic N) is 4. The summed E-state index contributed by atoms with van der Waals surface area (Å²) in [4.78, 5) is 17.8. The number of phenols is 1. The molecule has 1 aliphatic rings. The van der Waals surface area contributed by atoms with Crippen molar-refractivity contribution in [1.29, 1.82) is 0 Å². The number of aromatic amines is 1. The van der Waals surface area contributed by atoms with Crippen LogP contribution in [0.4, 0.5) is 0 Å². The molecular formula is C29H41N5O2S2. The molecule has 0 bridgehead atoms. The summed E-state index contributed by atoms with van der Waals surface area (Å²) >= 11 is 0. The van der Waals surface area contributed by atoms with Crippen LogP contribution in [0.2, 0.25) is 0 Å². The van der Waals surface area contributed by atoms with Crippen molar-refractivity contribution in [1.82, 2.24) is 24.6 Å². The van der Waals surface area contributed by atoms with Gasteiger partial charge in [-0.25, -0.2) is 14.5 Å². The normalized spacial score (nSPS) is 15.4. The van der Waals surface area contributed by atoms with Crippen LogP contribution in [0.1, 0.15) is 56.7 Å². The fourth-order valence-corrected chi connectivity index (χ4v) is 7.33. The smallest absolute Gasteiger partial charge is 0.348 e. The molecule has 1 aromatic heterocycles. The van der Waals surface area contributed by atoms with Crippen molar-refractivity contribution in [3.63, 3.8) is 0 Å². The SMILES string of the molecule is CSSC(C)(C)CCN1CCN(Cc2ccc(-n3c(-c4cc(C(C)C)c(C)cc4O)n[nH]c3=O)cc2)CC1. The van der Waals surface area contributed by atoms with Crippen molar-refractivity contribution < 1.29 is 5.11 Å². The van der Waals surface area contributed by atoms with Gasteiger partial charge in [-0.05, 0) is 86.9 Å². The Hall–Kier alpha value is -2.20. The Morgan fingerprint density at radius 1 is 1.08 bits per heavy atom. The van der Waals surface area contributed by atoms with Gasteiger partial charge in [0.25, 0.3) is 0 Å². The Morgan fingerprint density at radius 3 is 2.37 bits per heavy atom. The largest absolute Gasteiger partial charge is 0.507 e. The second kappa shape index (κ2) is 12.3. The monoisotopic (exact) mass is 555 g/mol. The molecule has 4 rings (SSSR count). The van der Waals surface area contributed by atoms with Gasteiger partial charge < -0.3 is 10.0 Å². The van der Waals surface area contributed by atoms with E-state index in [0.717, 1.165) is 56.1 Å². The van der Waals surface area contributed by atoms with E-state index in [4.69, 9.17) is 0 Å². The number of H-pyrrole nitrogens is 1. The Balaban J connectivity index is 1.42. The third-order valence-electron chi connectivity index (χ3n) is 7.32. The lowest BCUT2D eigenvalue weighted by molar-refractivity contribution is 0.124. The van der Waals surface area contributed by atoms with E-state index in [1.807, 2.05) is 46.7 Å². The fraction of sp³-hybridized carbons (Fsp3) is 0.517. The van der Waals surface area contributed by atoms with E-state index in [9.17, 15) is 9.90 Å². The molecule has 2 heterocycles. The maximum Gasteiger partial charge on any atom is 0.348 e. The van der Waals surface area contributed by atoms with E-state index in [1.54, 1.807) is 6.07 Å². The average molecular weight is 556 g/mol. The van der Waals surface area contributed by atoms with Crippen molar-refractivity contribution >= 4 is 21.6 Å². The highest BCUT2D eigenvalue weighted by atomic mass is 33.1. The first-order valence-electron chi connectivity index (χ1n) is 13.3. The predicted molar refractivity (Wildman–Crippen MR) is 162 cm³/mol. The summed E-state index contributed by atoms with van der Waals surface area (Å²) in [5.74, 6) is 0.826. The molecule has 2 aromatic carbocycles. The van der Waals surface area contributed by atoms with Gasteiger partial charge >= 0.3 is 5.69 Å². The third kappa shape index (κ3) is 6.86. The lowest BCUT2D eigenvalue weighted by Gasteiger charge is -2.36. The first-order valence-corrected chi connectivity index (χ1v) is 15.9. The summed E-state index contributed by atoms with van der Waals surface area (Å²) in [6, 6.07) is 11.8. The number of aryl methyl sites for hydroxylation is 1. The van der Waals surface area contributed by atoms with Crippen LogP contribution in [0.15, 0.2) is 41.2 Å². The third-order valence-corrected chi connectivity index (χ3v) is 10.00. The lowest BCUT2D eigenvalue weighted by atomic mass is 9.95. The molecule has 2 N–H and O–H groups in total. The molecule has 0 spiro atoms. The first-order chi connectivity index (χ1) is 18.1. The number of aromatic nitrogens is 3. The number of piperazine rings is 1. The lowest BCUT2D eigenvalue weighted by Crippen LogP contribution is -2.46. The summed E-state index contributed by atoms with van der Waals surface area (Å²) in [5, 5.41) is 17.5. The molecule has 1 fully saturated rings. The predicted octanol–water partition coefficient (Wildman–Crippen LogP) is 5.66. The number of phenolic OH excluding ortho intramolecular Hbond substituents is 1. The van der Waals surface area contributed by atoms with E-state index in [0.29, 0.717) is 22.1 Å². The van der Waals surface area contributed by atoms with Crippen molar-refractivity contribution in [2.75, 3.05) is 39.0 Å². The molecule has 7 nitrogen and oxygen atoms in total. The van der Waals surface area contributed by atoms with Crippen molar-refractivity contribution in [2.45, 2.75) is 58.2 Å². The summed E-state index contributed by atoms with van der Waals surface area (Å²) in [6.07, 6.45) is 3.36. The van der Waals surface area contributed by atoms with Gasteiger partial charge in [0, 0.05) is 37.5 Å². The highest BCUT2D eigenvalue weighted by Gasteiger charge is 2.23. The molecule has 0 atom stereocenters. The second-order valence-corrected chi connectivity index (χ2v) is 14.2. The summed E-state index contributed by atoms with van der Waals surface area (Å²) in [5.41, 5.74) is 4.32. The van der Waals surface area contributed by atoms with Crippen LogP contribution in [0.5, 0.6) is 5.75 Å². The van der Waals surface area contributed by atoms with Crippen LogP contribution in [-0.2, 0) is 6.54 Å². The van der Waals surface area contributed by atoms with Crippen LogP contribution >= 0.6 is 21.6 Å². The number of benzene rings is 2. The van der Waals surface area contributed by atoms with Gasteiger partial charge in [-0.2, -0.15) is 5.10 Å². The number of nitrogens with one attached hydrogen (secondary N) is 1. The topological polar surface area (TPSA) is 77.4 Å². The zero-order valence-electron chi connectivity index (χ0n) is 23.5. The van der Waals surface area contributed by atoms with Crippen LogP contribution in [0.3, 0.4) is 0 Å². The molecule has 0 saturated carbocycles. The van der Waals surface area contributed by atoms with E-state index in [-0.39, 0.29) is 11.4 Å². The molecule has 1 saturated heterocycles. The van der Waals surface area contributed by atoms with Gasteiger partial charge in [-0.15, -0.1) is 0 Å². The van der Waals surface area contributed by atoms with Crippen LogP contribution in [-0.4, -0.2) is 73.4 Å². The minimum atomic E-state index is -0.325. The molecule has 38 heavy (non-hydrogen) atoms. The van der Waals surface area contributed by atoms with E-state index in [2.05, 4.69) is 66.1 Å². The van der Waals surface area contributed by atoms with E-state index >= 15 is 0 Å². The average Bonchev–Trinajstić information content (AvgIpc) is 3.25. The zero-order chi connectivity index (χ0) is 27.4. The number of hydrogen-bond acceptors (Lipinski definition) is 7. The van der Waals surface area contributed by atoms with Gasteiger partial charge in [-0.1, -0.05) is 47.6 Å². The van der Waals surface area contributed by atoms with Crippen LogP contribution < -0.4 is 5.69 Å². The molecule has 206 valence electrons.